The highest BCUT2D eigenvalue weighted by molar-refractivity contribution is 7.98. The summed E-state index contributed by atoms with van der Waals surface area (Å²) in [5.74, 6) is 0.269. The summed E-state index contributed by atoms with van der Waals surface area (Å²) in [6.45, 7) is 6.17. The second-order valence-electron chi connectivity index (χ2n) is 9.85. The molecule has 2 N–H and O–H groups in total. The third-order valence-corrected chi connectivity index (χ3v) is 7.32. The normalized spacial score (nSPS) is 18.8. The summed E-state index contributed by atoms with van der Waals surface area (Å²) in [6, 6.07) is 14.3. The second kappa shape index (κ2) is 8.55. The van der Waals surface area contributed by atoms with Crippen LogP contribution in [0.1, 0.15) is 54.9 Å². The van der Waals surface area contributed by atoms with E-state index in [1.165, 1.54) is 23.9 Å². The average molecular weight is 476 g/mol. The van der Waals surface area contributed by atoms with Crippen LogP contribution in [0.15, 0.2) is 69.8 Å². The number of hydrogen-bond acceptors (Lipinski definition) is 5. The maximum absolute atomic E-state index is 13.5. The number of benzene rings is 2. The van der Waals surface area contributed by atoms with Gasteiger partial charge < -0.3 is 10.3 Å². The molecule has 2 heterocycles. The third-order valence-electron chi connectivity index (χ3n) is 6.38. The maximum atomic E-state index is 13.5. The van der Waals surface area contributed by atoms with E-state index in [4.69, 9.17) is 4.98 Å². The van der Waals surface area contributed by atoms with E-state index >= 15 is 0 Å². The number of nitrogens with zero attached hydrogens (tertiary/aromatic N) is 1. The number of aromatic nitrogens is 2. The van der Waals surface area contributed by atoms with Gasteiger partial charge in [0.25, 0.3) is 5.56 Å². The Bertz CT molecular complexity index is 1380. The molecule has 5 nitrogen and oxygen atoms in total. The van der Waals surface area contributed by atoms with Gasteiger partial charge in [0.2, 0.25) is 0 Å². The predicted molar refractivity (Wildman–Crippen MR) is 133 cm³/mol. The van der Waals surface area contributed by atoms with Gasteiger partial charge in [-0.25, -0.2) is 9.37 Å². The number of carbonyl (C=O) groups excluding carboxylic acids is 1. The van der Waals surface area contributed by atoms with Crippen molar-refractivity contribution in [3.8, 4) is 0 Å². The smallest absolute Gasteiger partial charge is 0.257 e. The molecule has 0 saturated carbocycles. The largest absolute Gasteiger partial charge is 0.343 e. The minimum absolute atomic E-state index is 0.0685. The molecule has 34 heavy (non-hydrogen) atoms. The predicted octanol–water partition coefficient (Wildman–Crippen LogP) is 5.71. The van der Waals surface area contributed by atoms with Crippen LogP contribution in [0.4, 0.5) is 10.2 Å². The highest BCUT2D eigenvalue weighted by atomic mass is 32.2. The van der Waals surface area contributed by atoms with Crippen molar-refractivity contribution in [1.29, 1.82) is 0 Å². The summed E-state index contributed by atoms with van der Waals surface area (Å²) < 4.78 is 13.5. The molecule has 0 radical (unpaired) electrons. The second-order valence-corrected chi connectivity index (χ2v) is 10.8. The van der Waals surface area contributed by atoms with Crippen LogP contribution in [-0.4, -0.2) is 15.8 Å². The molecule has 0 amide bonds. The van der Waals surface area contributed by atoms with Crippen molar-refractivity contribution in [1.82, 2.24) is 9.97 Å². The molecule has 1 aliphatic carbocycles. The number of rotatable bonds is 4. The molecule has 0 bridgehead atoms. The van der Waals surface area contributed by atoms with Gasteiger partial charge in [-0.2, -0.15) is 0 Å². The zero-order valence-electron chi connectivity index (χ0n) is 19.4. The third kappa shape index (κ3) is 4.32. The first-order chi connectivity index (χ1) is 16.2. The highest BCUT2D eigenvalue weighted by Gasteiger charge is 2.42. The molecule has 1 unspecified atom stereocenters. The van der Waals surface area contributed by atoms with Gasteiger partial charge in [-0.1, -0.05) is 67.6 Å². The number of thioether (sulfide) groups is 1. The number of ketones is 1. The quantitative estimate of drug-likeness (QED) is 0.373. The van der Waals surface area contributed by atoms with Crippen LogP contribution in [-0.2, 0) is 10.5 Å². The van der Waals surface area contributed by atoms with E-state index < -0.39 is 5.92 Å². The lowest BCUT2D eigenvalue weighted by Crippen LogP contribution is -2.37. The fourth-order valence-electron chi connectivity index (χ4n) is 4.83. The number of anilines is 1. The standard InChI is InChI=1S/C27H26FN3O2S/c1-15-7-9-17(10-8-15)21-22-19(12-27(2,3)13-20(22)32)29-24-23(21)25(33)31-26(30-24)34-14-16-5-4-6-18(28)11-16/h4-11,21H,12-14H2,1-3H3,(H2,29,30,31,33). The molecule has 1 aliphatic heterocycles. The van der Waals surface area contributed by atoms with Crippen molar-refractivity contribution in [3.63, 3.8) is 0 Å². The molecule has 0 fully saturated rings. The Morgan fingerprint density at radius 1 is 1.12 bits per heavy atom. The van der Waals surface area contributed by atoms with Crippen LogP contribution in [0.3, 0.4) is 0 Å². The maximum Gasteiger partial charge on any atom is 0.257 e. The Kier molecular flexibility index (Phi) is 5.68. The van der Waals surface area contributed by atoms with Crippen molar-refractivity contribution in [2.24, 2.45) is 5.41 Å². The summed E-state index contributed by atoms with van der Waals surface area (Å²) in [6.07, 6.45) is 1.15. The number of carbonyl (C=O) groups is 1. The zero-order valence-corrected chi connectivity index (χ0v) is 20.2. The molecule has 0 saturated heterocycles. The number of nitrogens with one attached hydrogen (secondary N) is 2. The molecule has 7 heteroatoms. The Balaban J connectivity index is 1.58. The summed E-state index contributed by atoms with van der Waals surface area (Å²) in [5.41, 5.74) is 4.36. The van der Waals surface area contributed by atoms with E-state index in [1.54, 1.807) is 6.07 Å². The Morgan fingerprint density at radius 3 is 2.62 bits per heavy atom. The van der Waals surface area contributed by atoms with E-state index in [9.17, 15) is 14.0 Å². The van der Waals surface area contributed by atoms with Crippen LogP contribution in [0.5, 0.6) is 0 Å². The van der Waals surface area contributed by atoms with Crippen LogP contribution in [0.2, 0.25) is 0 Å². The number of hydrogen-bond donors (Lipinski definition) is 2. The average Bonchev–Trinajstić information content (AvgIpc) is 2.76. The van der Waals surface area contributed by atoms with Crippen molar-refractivity contribution < 1.29 is 9.18 Å². The van der Waals surface area contributed by atoms with Crippen LogP contribution in [0.25, 0.3) is 0 Å². The molecule has 5 rings (SSSR count). The summed E-state index contributed by atoms with van der Waals surface area (Å²) >= 11 is 1.34. The van der Waals surface area contributed by atoms with E-state index in [-0.39, 0.29) is 22.6 Å². The topological polar surface area (TPSA) is 74.8 Å². The monoisotopic (exact) mass is 475 g/mol. The minimum atomic E-state index is -0.464. The summed E-state index contributed by atoms with van der Waals surface area (Å²) in [7, 11) is 0. The van der Waals surface area contributed by atoms with Gasteiger partial charge in [0.15, 0.2) is 10.9 Å². The number of halogens is 1. The summed E-state index contributed by atoms with van der Waals surface area (Å²) in [5, 5.41) is 3.79. The van der Waals surface area contributed by atoms with E-state index in [1.807, 2.05) is 37.3 Å². The van der Waals surface area contributed by atoms with E-state index in [0.717, 1.165) is 22.4 Å². The molecule has 174 valence electrons. The number of H-pyrrole nitrogens is 1. The van der Waals surface area contributed by atoms with Gasteiger partial charge in [0.05, 0.1) is 5.56 Å². The number of fused-ring (bicyclic) bond motifs is 1. The number of aryl methyl sites for hydroxylation is 1. The SMILES string of the molecule is Cc1ccc(C2C3=C(CC(C)(C)CC3=O)Nc3nc(SCc4cccc(F)c4)[nH]c(=O)c32)cc1. The molecular weight excluding hydrogens is 449 g/mol. The highest BCUT2D eigenvalue weighted by Crippen LogP contribution is 2.47. The zero-order chi connectivity index (χ0) is 24.0. The molecule has 2 aromatic carbocycles. The van der Waals surface area contributed by atoms with E-state index in [0.29, 0.717) is 40.7 Å². The van der Waals surface area contributed by atoms with E-state index in [2.05, 4.69) is 24.1 Å². The minimum Gasteiger partial charge on any atom is -0.343 e. The van der Waals surface area contributed by atoms with Crippen molar-refractivity contribution in [3.05, 3.63) is 98.2 Å². The molecule has 1 atom stereocenters. The van der Waals surface area contributed by atoms with Crippen LogP contribution < -0.4 is 10.9 Å². The molecule has 2 aliphatic rings. The van der Waals surface area contributed by atoms with Crippen LogP contribution in [0, 0.1) is 18.2 Å². The number of aromatic amines is 1. The lowest BCUT2D eigenvalue weighted by molar-refractivity contribution is -0.118. The first-order valence-electron chi connectivity index (χ1n) is 11.3. The lowest BCUT2D eigenvalue weighted by atomic mass is 9.69. The van der Waals surface area contributed by atoms with Crippen molar-refractivity contribution >= 4 is 23.4 Å². The summed E-state index contributed by atoms with van der Waals surface area (Å²) in [4.78, 5) is 34.3. The first-order valence-corrected chi connectivity index (χ1v) is 12.3. The Morgan fingerprint density at radius 2 is 1.88 bits per heavy atom. The fraction of sp³-hybridized carbons (Fsp3) is 0.296. The number of Topliss-reactive ketones (excluding diaryl/α,β-unsaturated/α-hetero) is 1. The fourth-order valence-corrected chi connectivity index (χ4v) is 5.64. The van der Waals surface area contributed by atoms with Crippen LogP contribution >= 0.6 is 11.8 Å². The van der Waals surface area contributed by atoms with Gasteiger partial charge in [-0.05, 0) is 42.0 Å². The molecule has 1 aromatic heterocycles. The number of allylic oxidation sites excluding steroid dienone is 2. The van der Waals surface area contributed by atoms with Gasteiger partial charge in [0.1, 0.15) is 11.6 Å². The van der Waals surface area contributed by atoms with Gasteiger partial charge >= 0.3 is 0 Å². The Labute approximate surface area is 201 Å². The lowest BCUT2D eigenvalue weighted by Gasteiger charge is -2.38. The Hall–Kier alpha value is -3.19. The molecule has 3 aromatic rings. The first kappa shape index (κ1) is 22.6. The van der Waals surface area contributed by atoms with Gasteiger partial charge in [-0.15, -0.1) is 0 Å². The van der Waals surface area contributed by atoms with Crippen molar-refractivity contribution in [2.45, 2.75) is 50.4 Å². The van der Waals surface area contributed by atoms with Gasteiger partial charge in [0, 0.05) is 29.4 Å². The van der Waals surface area contributed by atoms with Gasteiger partial charge in [-0.3, -0.25) is 9.59 Å². The molecular formula is C27H26FN3O2S. The van der Waals surface area contributed by atoms with Crippen molar-refractivity contribution in [2.75, 3.05) is 5.32 Å². The molecule has 0 spiro atoms.